The molecule has 0 bridgehead atoms. The zero-order chi connectivity index (χ0) is 22.2. The van der Waals surface area contributed by atoms with Crippen LogP contribution in [-0.4, -0.2) is 37.3 Å². The van der Waals surface area contributed by atoms with Crippen LogP contribution in [0.4, 0.5) is 0 Å². The Bertz CT molecular complexity index is 1260. The number of nitrogens with zero attached hydrogens (tertiary/aromatic N) is 4. The molecule has 6 heteroatoms. The van der Waals surface area contributed by atoms with Gasteiger partial charge in [0, 0.05) is 24.2 Å². The number of aryl methyl sites for hydroxylation is 1. The molecule has 33 heavy (non-hydrogen) atoms. The van der Waals surface area contributed by atoms with Gasteiger partial charge in [0.15, 0.2) is 5.65 Å². The molecule has 2 aliphatic rings. The van der Waals surface area contributed by atoms with Gasteiger partial charge in [-0.3, -0.25) is 0 Å². The summed E-state index contributed by atoms with van der Waals surface area (Å²) < 4.78 is 8.34. The number of rotatable bonds is 5. The van der Waals surface area contributed by atoms with Crippen molar-refractivity contribution in [3.05, 3.63) is 72.2 Å². The third-order valence-corrected chi connectivity index (χ3v) is 7.06. The molecule has 3 aromatic heterocycles. The molecule has 1 saturated carbocycles. The van der Waals surface area contributed by atoms with Crippen LogP contribution in [0.3, 0.4) is 0 Å². The molecule has 0 unspecified atom stereocenters. The van der Waals surface area contributed by atoms with E-state index in [1.54, 1.807) is 6.20 Å². The number of aliphatic hydroxyl groups excluding tert-OH is 1. The van der Waals surface area contributed by atoms with Crippen LogP contribution < -0.4 is 4.74 Å². The zero-order valence-electron chi connectivity index (χ0n) is 18.6. The molecule has 0 radical (unpaired) electrons. The van der Waals surface area contributed by atoms with Gasteiger partial charge in [-0.2, -0.15) is 0 Å². The highest BCUT2D eigenvalue weighted by Crippen LogP contribution is 2.35. The second-order valence-electron chi connectivity index (χ2n) is 9.27. The second kappa shape index (κ2) is 8.60. The maximum Gasteiger partial charge on any atom is 0.213 e. The molecule has 6 nitrogen and oxygen atoms in total. The van der Waals surface area contributed by atoms with E-state index >= 15 is 0 Å². The van der Waals surface area contributed by atoms with Crippen molar-refractivity contribution in [3.8, 4) is 17.1 Å². The van der Waals surface area contributed by atoms with Crippen molar-refractivity contribution in [2.75, 3.05) is 6.61 Å². The maximum absolute atomic E-state index is 9.71. The van der Waals surface area contributed by atoms with Gasteiger partial charge in [-0.05, 0) is 61.8 Å². The number of aliphatic hydroxyl groups is 1. The third-order valence-electron chi connectivity index (χ3n) is 7.06. The van der Waals surface area contributed by atoms with Crippen LogP contribution in [0, 0.1) is 5.92 Å². The maximum atomic E-state index is 9.71. The minimum Gasteiger partial charge on any atom is -0.477 e. The van der Waals surface area contributed by atoms with Gasteiger partial charge in [0.25, 0.3) is 0 Å². The molecule has 4 aromatic rings. The minimum absolute atomic E-state index is 0.143. The first-order chi connectivity index (χ1) is 16.2. The summed E-state index contributed by atoms with van der Waals surface area (Å²) in [6.07, 6.45) is 7.42. The lowest BCUT2D eigenvalue weighted by molar-refractivity contribution is 0.0909. The highest BCUT2D eigenvalue weighted by atomic mass is 16.5. The molecule has 168 valence electrons. The van der Waals surface area contributed by atoms with Gasteiger partial charge in [-0.1, -0.05) is 30.3 Å². The minimum atomic E-state index is -0.143. The van der Waals surface area contributed by atoms with Crippen LogP contribution in [0.1, 0.15) is 49.5 Å². The van der Waals surface area contributed by atoms with Crippen LogP contribution in [-0.2, 0) is 6.42 Å². The van der Waals surface area contributed by atoms with Gasteiger partial charge >= 0.3 is 0 Å². The van der Waals surface area contributed by atoms with Crippen molar-refractivity contribution >= 4 is 11.2 Å². The van der Waals surface area contributed by atoms with E-state index in [0.717, 1.165) is 66.8 Å². The van der Waals surface area contributed by atoms with Crippen molar-refractivity contribution in [2.45, 2.75) is 50.7 Å². The Kier molecular flexibility index (Phi) is 5.30. The lowest BCUT2D eigenvalue weighted by Gasteiger charge is -2.25. The number of pyridine rings is 2. The summed E-state index contributed by atoms with van der Waals surface area (Å²) in [5.41, 5.74) is 5.08. The topological polar surface area (TPSA) is 73.1 Å². The van der Waals surface area contributed by atoms with Crippen LogP contribution in [0.2, 0.25) is 0 Å². The Morgan fingerprint density at radius 1 is 0.939 bits per heavy atom. The van der Waals surface area contributed by atoms with E-state index in [0.29, 0.717) is 18.4 Å². The Morgan fingerprint density at radius 2 is 1.79 bits per heavy atom. The highest BCUT2D eigenvalue weighted by molar-refractivity contribution is 5.77. The molecule has 0 amide bonds. The van der Waals surface area contributed by atoms with Gasteiger partial charge in [0.1, 0.15) is 11.3 Å². The first-order valence-corrected chi connectivity index (χ1v) is 11.9. The summed E-state index contributed by atoms with van der Waals surface area (Å²) in [4.78, 5) is 14.3. The highest BCUT2D eigenvalue weighted by Gasteiger charge is 2.28. The van der Waals surface area contributed by atoms with Gasteiger partial charge in [-0.25, -0.2) is 15.0 Å². The lowest BCUT2D eigenvalue weighted by Crippen LogP contribution is -2.22. The number of aromatic nitrogens is 4. The SMILES string of the molecule is OC1CCC(COc2cc(-c3ccc4nc5n(c4n3)[C@@H](c3ccccc3)CC5)ccn2)CC1. The van der Waals surface area contributed by atoms with Crippen LogP contribution in [0.5, 0.6) is 5.88 Å². The largest absolute Gasteiger partial charge is 0.477 e. The Labute approximate surface area is 193 Å². The van der Waals surface area contributed by atoms with Gasteiger partial charge in [-0.15, -0.1) is 0 Å². The molecule has 1 aromatic carbocycles. The fraction of sp³-hybridized carbons (Fsp3) is 0.370. The first-order valence-electron chi connectivity index (χ1n) is 11.9. The molecular weight excluding hydrogens is 412 g/mol. The molecule has 4 heterocycles. The van der Waals surface area contributed by atoms with Gasteiger partial charge in [0.05, 0.1) is 24.4 Å². The molecular formula is C27H28N4O2. The fourth-order valence-electron chi connectivity index (χ4n) is 5.23. The summed E-state index contributed by atoms with van der Waals surface area (Å²) in [5, 5.41) is 9.71. The molecule has 6 rings (SSSR count). The van der Waals surface area contributed by atoms with Crippen molar-refractivity contribution in [1.82, 2.24) is 19.5 Å². The van der Waals surface area contributed by atoms with Crippen LogP contribution in [0.25, 0.3) is 22.4 Å². The second-order valence-corrected chi connectivity index (χ2v) is 9.27. The first kappa shape index (κ1) is 20.4. The molecule has 0 spiro atoms. The quantitative estimate of drug-likeness (QED) is 0.475. The van der Waals surface area contributed by atoms with Crippen LogP contribution >= 0.6 is 0 Å². The van der Waals surface area contributed by atoms with Crippen molar-refractivity contribution in [3.63, 3.8) is 0 Å². The fourth-order valence-corrected chi connectivity index (χ4v) is 5.23. The van der Waals surface area contributed by atoms with Crippen molar-refractivity contribution < 1.29 is 9.84 Å². The Hall–Kier alpha value is -3.25. The average molecular weight is 441 g/mol. The third kappa shape index (κ3) is 4.00. The smallest absolute Gasteiger partial charge is 0.213 e. The van der Waals surface area contributed by atoms with E-state index in [1.165, 1.54) is 5.56 Å². The van der Waals surface area contributed by atoms with Gasteiger partial charge < -0.3 is 14.4 Å². The molecule has 1 fully saturated rings. The lowest BCUT2D eigenvalue weighted by atomic mass is 9.88. The Morgan fingerprint density at radius 3 is 2.64 bits per heavy atom. The van der Waals surface area contributed by atoms with E-state index in [2.05, 4.69) is 45.9 Å². The molecule has 1 aliphatic heterocycles. The summed E-state index contributed by atoms with van der Waals surface area (Å²) in [5.74, 6) is 2.22. The zero-order valence-corrected chi connectivity index (χ0v) is 18.6. The number of hydrogen-bond donors (Lipinski definition) is 1. The standard InChI is InChI=1S/C27H28N4O2/c32-21-8-6-18(7-9-21)17-33-26-16-20(14-15-28-26)22-10-11-23-27(30-22)31-24(12-13-25(31)29-23)19-4-2-1-3-5-19/h1-5,10-11,14-16,18,21,24,32H,6-9,12-13,17H2/t18?,21?,24-/m1/s1. The van der Waals surface area contributed by atoms with E-state index < -0.39 is 0 Å². The summed E-state index contributed by atoms with van der Waals surface area (Å²) in [7, 11) is 0. The van der Waals surface area contributed by atoms with E-state index in [9.17, 15) is 5.11 Å². The van der Waals surface area contributed by atoms with E-state index in [4.69, 9.17) is 14.7 Å². The number of hydrogen-bond acceptors (Lipinski definition) is 5. The van der Waals surface area contributed by atoms with Crippen molar-refractivity contribution in [2.24, 2.45) is 5.92 Å². The Balaban J connectivity index is 1.27. The molecule has 0 saturated heterocycles. The van der Waals surface area contributed by atoms with Crippen LogP contribution in [0.15, 0.2) is 60.8 Å². The van der Waals surface area contributed by atoms with Crippen molar-refractivity contribution in [1.29, 1.82) is 0 Å². The normalized spacial score (nSPS) is 22.4. The molecule has 1 aliphatic carbocycles. The predicted octanol–water partition coefficient (Wildman–Crippen LogP) is 4.96. The number of ether oxygens (including phenoxy) is 1. The summed E-state index contributed by atoms with van der Waals surface area (Å²) in [6, 6.07) is 19.0. The molecule has 1 atom stereocenters. The summed E-state index contributed by atoms with van der Waals surface area (Å²) >= 11 is 0. The average Bonchev–Trinajstić information content (AvgIpc) is 3.43. The predicted molar refractivity (Wildman–Crippen MR) is 127 cm³/mol. The van der Waals surface area contributed by atoms with E-state index in [1.807, 2.05) is 18.2 Å². The number of fused-ring (bicyclic) bond motifs is 3. The number of imidazole rings is 1. The summed E-state index contributed by atoms with van der Waals surface area (Å²) in [6.45, 7) is 0.643. The monoisotopic (exact) mass is 440 g/mol. The number of benzene rings is 1. The molecule has 1 N–H and O–H groups in total. The van der Waals surface area contributed by atoms with Gasteiger partial charge in [0.2, 0.25) is 5.88 Å². The van der Waals surface area contributed by atoms with E-state index in [-0.39, 0.29) is 12.1 Å².